The molecule has 0 saturated heterocycles. The molecule has 1 aromatic carbocycles. The second-order valence-electron chi connectivity index (χ2n) is 5.73. The van der Waals surface area contributed by atoms with E-state index in [9.17, 15) is 9.18 Å². The van der Waals surface area contributed by atoms with Crippen molar-refractivity contribution in [2.45, 2.75) is 33.9 Å². The zero-order valence-electron chi connectivity index (χ0n) is 14.7. The van der Waals surface area contributed by atoms with E-state index in [0.717, 1.165) is 5.69 Å². The summed E-state index contributed by atoms with van der Waals surface area (Å²) in [6.07, 6.45) is 0. The number of ether oxygens (including phenoxy) is 1. The molecule has 3 rings (SSSR count). The van der Waals surface area contributed by atoms with Crippen LogP contribution in [-0.2, 0) is 13.2 Å². The van der Waals surface area contributed by atoms with E-state index in [0.29, 0.717) is 23.7 Å². The highest BCUT2D eigenvalue weighted by atomic mass is 19.1. The summed E-state index contributed by atoms with van der Waals surface area (Å²) < 4.78 is 26.0. The van der Waals surface area contributed by atoms with Gasteiger partial charge in [-0.05, 0) is 32.9 Å². The smallest absolute Gasteiger partial charge is 0.279 e. The largest absolute Gasteiger partial charge is 0.486 e. The van der Waals surface area contributed by atoms with Gasteiger partial charge < -0.3 is 14.6 Å². The van der Waals surface area contributed by atoms with Crippen LogP contribution in [0.4, 0.5) is 10.2 Å². The van der Waals surface area contributed by atoms with Crippen molar-refractivity contribution < 1.29 is 18.4 Å². The molecule has 0 bridgehead atoms. The maximum absolute atomic E-state index is 13.7. The Morgan fingerprint density at radius 3 is 2.81 bits per heavy atom. The van der Waals surface area contributed by atoms with Gasteiger partial charge in [0.2, 0.25) is 0 Å². The zero-order chi connectivity index (χ0) is 18.7. The summed E-state index contributed by atoms with van der Waals surface area (Å²) in [5.41, 5.74) is 1.47. The molecule has 0 spiro atoms. The SMILES string of the molecule is CCn1nc(NC(=O)c2noc(C)c2COc2ccccc2F)cc1C. The first-order valence-corrected chi connectivity index (χ1v) is 8.18. The Morgan fingerprint density at radius 1 is 1.35 bits per heavy atom. The van der Waals surface area contributed by atoms with Crippen molar-refractivity contribution in [3.63, 3.8) is 0 Å². The Bertz CT molecular complexity index is 932. The Hall–Kier alpha value is -3.16. The minimum Gasteiger partial charge on any atom is -0.486 e. The van der Waals surface area contributed by atoms with Gasteiger partial charge in [-0.25, -0.2) is 4.39 Å². The number of hydrogen-bond acceptors (Lipinski definition) is 5. The van der Waals surface area contributed by atoms with Crippen LogP contribution in [0.2, 0.25) is 0 Å². The zero-order valence-corrected chi connectivity index (χ0v) is 14.7. The van der Waals surface area contributed by atoms with Gasteiger partial charge in [0, 0.05) is 18.3 Å². The van der Waals surface area contributed by atoms with E-state index in [1.165, 1.54) is 12.1 Å². The fourth-order valence-electron chi connectivity index (χ4n) is 2.52. The third-order valence-electron chi connectivity index (χ3n) is 3.93. The summed E-state index contributed by atoms with van der Waals surface area (Å²) in [5, 5.41) is 10.8. The van der Waals surface area contributed by atoms with Gasteiger partial charge in [0.05, 0.1) is 5.56 Å². The molecule has 0 aliphatic heterocycles. The molecule has 1 N–H and O–H groups in total. The minimum absolute atomic E-state index is 0.0402. The van der Waals surface area contributed by atoms with Gasteiger partial charge in [-0.2, -0.15) is 5.10 Å². The van der Waals surface area contributed by atoms with Gasteiger partial charge in [-0.15, -0.1) is 0 Å². The van der Waals surface area contributed by atoms with Gasteiger partial charge in [-0.1, -0.05) is 17.3 Å². The molecule has 0 unspecified atom stereocenters. The molecule has 2 aromatic heterocycles. The van der Waals surface area contributed by atoms with Gasteiger partial charge in [0.15, 0.2) is 23.1 Å². The molecular formula is C18H19FN4O3. The van der Waals surface area contributed by atoms with E-state index >= 15 is 0 Å². The average Bonchev–Trinajstić information content (AvgIpc) is 3.16. The lowest BCUT2D eigenvalue weighted by molar-refractivity contribution is 0.101. The molecule has 26 heavy (non-hydrogen) atoms. The Morgan fingerprint density at radius 2 is 2.12 bits per heavy atom. The van der Waals surface area contributed by atoms with Crippen LogP contribution in [0, 0.1) is 19.7 Å². The van der Waals surface area contributed by atoms with E-state index in [2.05, 4.69) is 15.6 Å². The maximum Gasteiger partial charge on any atom is 0.279 e. The molecule has 0 radical (unpaired) electrons. The highest BCUT2D eigenvalue weighted by molar-refractivity contribution is 6.03. The second-order valence-corrected chi connectivity index (χ2v) is 5.73. The highest BCUT2D eigenvalue weighted by Crippen LogP contribution is 2.21. The quantitative estimate of drug-likeness (QED) is 0.729. The number of nitrogens with zero attached hydrogens (tertiary/aromatic N) is 3. The van der Waals surface area contributed by atoms with Crippen molar-refractivity contribution in [1.82, 2.24) is 14.9 Å². The van der Waals surface area contributed by atoms with E-state index < -0.39 is 11.7 Å². The maximum atomic E-state index is 13.7. The molecule has 0 aliphatic carbocycles. The fourth-order valence-corrected chi connectivity index (χ4v) is 2.52. The van der Waals surface area contributed by atoms with E-state index in [1.54, 1.807) is 29.8 Å². The number of carbonyl (C=O) groups excluding carboxylic acids is 1. The van der Waals surface area contributed by atoms with Crippen LogP contribution in [0.1, 0.15) is 34.4 Å². The topological polar surface area (TPSA) is 82.2 Å². The van der Waals surface area contributed by atoms with Gasteiger partial charge in [0.1, 0.15) is 12.4 Å². The number of anilines is 1. The van der Waals surface area contributed by atoms with E-state index in [-0.39, 0.29) is 18.1 Å². The summed E-state index contributed by atoms with van der Waals surface area (Å²) in [4.78, 5) is 12.5. The van der Waals surface area contributed by atoms with Crippen LogP contribution in [0.25, 0.3) is 0 Å². The predicted octanol–water partition coefficient (Wildman–Crippen LogP) is 3.48. The predicted molar refractivity (Wildman–Crippen MR) is 92.6 cm³/mol. The molecule has 3 aromatic rings. The first-order chi connectivity index (χ1) is 12.5. The first kappa shape index (κ1) is 17.7. The van der Waals surface area contributed by atoms with Crippen molar-refractivity contribution in [3.05, 3.63) is 58.9 Å². The number of para-hydroxylation sites is 1. The third-order valence-corrected chi connectivity index (χ3v) is 3.93. The van der Waals surface area contributed by atoms with Crippen LogP contribution in [-0.4, -0.2) is 20.8 Å². The number of amides is 1. The van der Waals surface area contributed by atoms with Crippen LogP contribution in [0.5, 0.6) is 5.75 Å². The molecular weight excluding hydrogens is 339 g/mol. The van der Waals surface area contributed by atoms with Crippen molar-refractivity contribution in [1.29, 1.82) is 0 Å². The summed E-state index contributed by atoms with van der Waals surface area (Å²) in [7, 11) is 0. The van der Waals surface area contributed by atoms with Gasteiger partial charge in [-0.3, -0.25) is 9.48 Å². The number of aromatic nitrogens is 3. The van der Waals surface area contributed by atoms with Gasteiger partial charge in [0.25, 0.3) is 5.91 Å². The standard InChI is InChI=1S/C18H19FN4O3/c1-4-23-11(2)9-16(21-23)20-18(24)17-13(12(3)26-22-17)10-25-15-8-6-5-7-14(15)19/h5-9H,4,10H2,1-3H3,(H,20,21,24). The first-order valence-electron chi connectivity index (χ1n) is 8.18. The molecule has 1 amide bonds. The molecule has 0 aliphatic rings. The molecule has 0 fully saturated rings. The fraction of sp³-hybridized carbons (Fsp3) is 0.278. The molecule has 7 nitrogen and oxygen atoms in total. The summed E-state index contributed by atoms with van der Waals surface area (Å²) in [6.45, 7) is 6.19. The van der Waals surface area contributed by atoms with Crippen LogP contribution >= 0.6 is 0 Å². The monoisotopic (exact) mass is 358 g/mol. The van der Waals surface area contributed by atoms with Crippen molar-refractivity contribution in [2.24, 2.45) is 0 Å². The number of nitrogens with one attached hydrogen (secondary N) is 1. The number of halogens is 1. The number of carbonyl (C=O) groups is 1. The Labute approximate surface area is 149 Å². The number of benzene rings is 1. The average molecular weight is 358 g/mol. The van der Waals surface area contributed by atoms with Crippen LogP contribution in [0.15, 0.2) is 34.9 Å². The third kappa shape index (κ3) is 3.58. The lowest BCUT2D eigenvalue weighted by Gasteiger charge is -2.07. The van der Waals surface area contributed by atoms with Crippen LogP contribution in [0.3, 0.4) is 0 Å². The Balaban J connectivity index is 1.76. The number of hydrogen-bond donors (Lipinski definition) is 1. The molecule has 136 valence electrons. The van der Waals surface area contributed by atoms with Crippen molar-refractivity contribution >= 4 is 11.7 Å². The summed E-state index contributed by atoms with van der Waals surface area (Å²) >= 11 is 0. The van der Waals surface area contributed by atoms with Crippen molar-refractivity contribution in [3.8, 4) is 5.75 Å². The van der Waals surface area contributed by atoms with Crippen LogP contribution < -0.4 is 10.1 Å². The highest BCUT2D eigenvalue weighted by Gasteiger charge is 2.21. The number of rotatable bonds is 6. The van der Waals surface area contributed by atoms with Gasteiger partial charge >= 0.3 is 0 Å². The van der Waals surface area contributed by atoms with Crippen molar-refractivity contribution in [2.75, 3.05) is 5.32 Å². The molecule has 0 atom stereocenters. The second kappa shape index (κ2) is 7.38. The summed E-state index contributed by atoms with van der Waals surface area (Å²) in [5.74, 6) is 0.0115. The Kier molecular flexibility index (Phi) is 5.01. The van der Waals surface area contributed by atoms with E-state index in [4.69, 9.17) is 9.26 Å². The normalized spacial score (nSPS) is 10.8. The number of aryl methyl sites for hydroxylation is 3. The minimum atomic E-state index is -0.479. The lowest BCUT2D eigenvalue weighted by Crippen LogP contribution is -2.16. The molecule has 8 heteroatoms. The summed E-state index contributed by atoms with van der Waals surface area (Å²) in [6, 6.07) is 7.82. The molecule has 0 saturated carbocycles. The lowest BCUT2D eigenvalue weighted by atomic mass is 10.2. The molecule has 2 heterocycles. The van der Waals surface area contributed by atoms with E-state index in [1.807, 2.05) is 13.8 Å².